The van der Waals surface area contributed by atoms with Crippen molar-refractivity contribution in [1.29, 1.82) is 0 Å². The van der Waals surface area contributed by atoms with E-state index in [4.69, 9.17) is 0 Å². The topological polar surface area (TPSA) is 72.2 Å². The number of pyridine rings is 1. The zero-order valence-corrected chi connectivity index (χ0v) is 14.8. The Hall–Kier alpha value is -3.61. The summed E-state index contributed by atoms with van der Waals surface area (Å²) >= 11 is 0. The molecular formula is C20H16FN5O. The lowest BCUT2D eigenvalue weighted by Crippen LogP contribution is -2.16. The molecule has 1 aromatic carbocycles. The molecule has 0 atom stereocenters. The summed E-state index contributed by atoms with van der Waals surface area (Å²) in [5, 5.41) is 2.87. The minimum atomic E-state index is -0.395. The SMILES string of the molecule is Cc1ccn2c(NC(=O)c3cnc(C)cn3)c(-c3ccc(F)cc3)nc2c1. The number of hydrogen-bond donors (Lipinski definition) is 1. The van der Waals surface area contributed by atoms with Crippen LogP contribution in [0.4, 0.5) is 10.2 Å². The van der Waals surface area contributed by atoms with E-state index < -0.39 is 5.91 Å². The van der Waals surface area contributed by atoms with Crippen LogP contribution in [0.2, 0.25) is 0 Å². The van der Waals surface area contributed by atoms with E-state index in [0.29, 0.717) is 22.7 Å². The number of benzene rings is 1. The maximum atomic E-state index is 13.3. The number of carbonyl (C=O) groups is 1. The van der Waals surface area contributed by atoms with E-state index in [2.05, 4.69) is 20.3 Å². The molecule has 0 saturated carbocycles. The Morgan fingerprint density at radius 3 is 2.56 bits per heavy atom. The third-order valence-corrected chi connectivity index (χ3v) is 4.14. The summed E-state index contributed by atoms with van der Waals surface area (Å²) in [6.45, 7) is 3.76. The number of halogens is 1. The Kier molecular flexibility index (Phi) is 4.12. The number of amides is 1. The zero-order chi connectivity index (χ0) is 19.0. The van der Waals surface area contributed by atoms with Gasteiger partial charge in [0.15, 0.2) is 0 Å². The molecular weight excluding hydrogens is 345 g/mol. The Bertz CT molecular complexity index is 1130. The van der Waals surface area contributed by atoms with Gasteiger partial charge < -0.3 is 5.32 Å². The highest BCUT2D eigenvalue weighted by Gasteiger charge is 2.18. The number of hydrogen-bond acceptors (Lipinski definition) is 4. The van der Waals surface area contributed by atoms with Crippen molar-refractivity contribution in [2.24, 2.45) is 0 Å². The lowest BCUT2D eigenvalue weighted by molar-refractivity contribution is 0.102. The molecule has 1 N–H and O–H groups in total. The van der Waals surface area contributed by atoms with Crippen LogP contribution in [0.1, 0.15) is 21.7 Å². The van der Waals surface area contributed by atoms with Crippen LogP contribution in [0.5, 0.6) is 0 Å². The number of aromatic nitrogens is 4. The fourth-order valence-electron chi connectivity index (χ4n) is 2.76. The van der Waals surface area contributed by atoms with Crippen LogP contribution in [0, 0.1) is 19.7 Å². The van der Waals surface area contributed by atoms with Crippen LogP contribution < -0.4 is 5.32 Å². The minimum absolute atomic E-state index is 0.202. The number of anilines is 1. The molecule has 6 nitrogen and oxygen atoms in total. The summed E-state index contributed by atoms with van der Waals surface area (Å²) in [6, 6.07) is 9.82. The van der Waals surface area contributed by atoms with Crippen molar-refractivity contribution >= 4 is 17.4 Å². The first kappa shape index (κ1) is 16.8. The number of aryl methyl sites for hydroxylation is 2. The predicted octanol–water partition coefficient (Wildman–Crippen LogP) is 3.80. The van der Waals surface area contributed by atoms with Crippen molar-refractivity contribution in [1.82, 2.24) is 19.4 Å². The van der Waals surface area contributed by atoms with Crippen LogP contribution in [0.25, 0.3) is 16.9 Å². The van der Waals surface area contributed by atoms with Gasteiger partial charge in [0.25, 0.3) is 5.91 Å². The van der Waals surface area contributed by atoms with E-state index in [0.717, 1.165) is 11.3 Å². The molecule has 1 amide bonds. The fourth-order valence-corrected chi connectivity index (χ4v) is 2.76. The standard InChI is InChI=1S/C20H16FN5O/c1-12-7-8-26-17(9-12)24-18(14-3-5-15(21)6-4-14)19(26)25-20(27)16-11-22-13(2)10-23-16/h3-11H,1-2H3,(H,25,27). The molecule has 0 aliphatic heterocycles. The maximum absolute atomic E-state index is 13.3. The smallest absolute Gasteiger partial charge is 0.277 e. The van der Waals surface area contributed by atoms with Crippen LogP contribution in [0.15, 0.2) is 55.0 Å². The molecule has 0 radical (unpaired) electrons. The normalized spacial score (nSPS) is 10.9. The fraction of sp³-hybridized carbons (Fsp3) is 0.100. The van der Waals surface area contributed by atoms with Gasteiger partial charge in [0.2, 0.25) is 0 Å². The summed E-state index contributed by atoms with van der Waals surface area (Å²) in [5.74, 6) is -0.240. The Morgan fingerprint density at radius 1 is 1.07 bits per heavy atom. The predicted molar refractivity (Wildman–Crippen MR) is 100 cm³/mol. The molecule has 4 aromatic rings. The molecule has 0 unspecified atom stereocenters. The third-order valence-electron chi connectivity index (χ3n) is 4.14. The number of nitrogens with zero attached hydrogens (tertiary/aromatic N) is 4. The molecule has 134 valence electrons. The monoisotopic (exact) mass is 361 g/mol. The van der Waals surface area contributed by atoms with E-state index in [1.807, 2.05) is 25.3 Å². The van der Waals surface area contributed by atoms with Crippen molar-refractivity contribution in [2.45, 2.75) is 13.8 Å². The van der Waals surface area contributed by atoms with Gasteiger partial charge in [0.05, 0.1) is 11.9 Å². The molecule has 0 aliphatic carbocycles. The van der Waals surface area contributed by atoms with E-state index in [1.54, 1.807) is 23.5 Å². The van der Waals surface area contributed by atoms with E-state index >= 15 is 0 Å². The Balaban J connectivity index is 1.82. The average molecular weight is 361 g/mol. The first-order chi connectivity index (χ1) is 13.0. The van der Waals surface area contributed by atoms with E-state index in [-0.39, 0.29) is 11.5 Å². The quantitative estimate of drug-likeness (QED) is 0.602. The second kappa shape index (κ2) is 6.60. The number of rotatable bonds is 3. The zero-order valence-electron chi connectivity index (χ0n) is 14.8. The lowest BCUT2D eigenvalue weighted by Gasteiger charge is -2.08. The largest absolute Gasteiger partial charge is 0.304 e. The molecule has 3 aromatic heterocycles. The highest BCUT2D eigenvalue weighted by Crippen LogP contribution is 2.29. The highest BCUT2D eigenvalue weighted by molar-refractivity contribution is 6.04. The molecule has 3 heterocycles. The van der Waals surface area contributed by atoms with Gasteiger partial charge in [-0.3, -0.25) is 14.2 Å². The minimum Gasteiger partial charge on any atom is -0.304 e. The summed E-state index contributed by atoms with van der Waals surface area (Å²) in [7, 11) is 0. The average Bonchev–Trinajstić information content (AvgIpc) is 3.00. The molecule has 27 heavy (non-hydrogen) atoms. The van der Waals surface area contributed by atoms with Crippen molar-refractivity contribution in [3.05, 3.63) is 77.8 Å². The Morgan fingerprint density at radius 2 is 1.85 bits per heavy atom. The molecule has 7 heteroatoms. The lowest BCUT2D eigenvalue weighted by atomic mass is 10.1. The molecule has 4 rings (SSSR count). The van der Waals surface area contributed by atoms with Crippen molar-refractivity contribution < 1.29 is 9.18 Å². The number of fused-ring (bicyclic) bond motifs is 1. The highest BCUT2D eigenvalue weighted by atomic mass is 19.1. The third kappa shape index (κ3) is 3.27. The summed E-state index contributed by atoms with van der Waals surface area (Å²) in [5.41, 5.74) is 3.90. The van der Waals surface area contributed by atoms with Crippen molar-refractivity contribution in [2.75, 3.05) is 5.32 Å². The molecule has 0 fully saturated rings. The van der Waals surface area contributed by atoms with Gasteiger partial charge in [-0.1, -0.05) is 0 Å². The van der Waals surface area contributed by atoms with E-state index in [1.165, 1.54) is 24.5 Å². The molecule has 0 bridgehead atoms. The van der Waals surface area contributed by atoms with Gasteiger partial charge in [-0.25, -0.2) is 14.4 Å². The van der Waals surface area contributed by atoms with Crippen LogP contribution in [0.3, 0.4) is 0 Å². The maximum Gasteiger partial charge on any atom is 0.277 e. The summed E-state index contributed by atoms with van der Waals surface area (Å²) in [6.07, 6.45) is 4.80. The first-order valence-corrected chi connectivity index (χ1v) is 8.36. The summed E-state index contributed by atoms with van der Waals surface area (Å²) < 4.78 is 15.1. The number of carbonyl (C=O) groups excluding carboxylic acids is 1. The van der Waals surface area contributed by atoms with Crippen molar-refractivity contribution in [3.63, 3.8) is 0 Å². The van der Waals surface area contributed by atoms with Gasteiger partial charge in [-0.2, -0.15) is 0 Å². The second-order valence-corrected chi connectivity index (χ2v) is 6.25. The van der Waals surface area contributed by atoms with Crippen molar-refractivity contribution in [3.8, 4) is 11.3 Å². The van der Waals surface area contributed by atoms with Gasteiger partial charge >= 0.3 is 0 Å². The summed E-state index contributed by atoms with van der Waals surface area (Å²) in [4.78, 5) is 25.5. The first-order valence-electron chi connectivity index (χ1n) is 8.36. The molecule has 0 spiro atoms. The second-order valence-electron chi connectivity index (χ2n) is 6.25. The van der Waals surface area contributed by atoms with Crippen LogP contribution in [-0.4, -0.2) is 25.3 Å². The Labute approximate surface area is 154 Å². The van der Waals surface area contributed by atoms with Gasteiger partial charge in [0.1, 0.15) is 28.7 Å². The van der Waals surface area contributed by atoms with Gasteiger partial charge in [-0.15, -0.1) is 0 Å². The number of imidazole rings is 1. The van der Waals surface area contributed by atoms with Gasteiger partial charge in [0, 0.05) is 18.0 Å². The van der Waals surface area contributed by atoms with E-state index in [9.17, 15) is 9.18 Å². The molecule has 0 aliphatic rings. The van der Waals surface area contributed by atoms with Gasteiger partial charge in [-0.05, 0) is 55.8 Å². The number of nitrogens with one attached hydrogen (secondary N) is 1. The van der Waals surface area contributed by atoms with Crippen LogP contribution >= 0.6 is 0 Å². The molecule has 0 saturated heterocycles. The van der Waals surface area contributed by atoms with Crippen LogP contribution in [-0.2, 0) is 0 Å².